The monoisotopic (exact) mass is 385 g/mol. The van der Waals surface area contributed by atoms with E-state index in [1.165, 1.54) is 19.2 Å². The SMILES string of the molecule is CCOc1cc(/C=N/NC(=O)C(C)C(=O)Nc2ccc(OC)cc2)ccc1O. The highest BCUT2D eigenvalue weighted by Crippen LogP contribution is 2.26. The molecule has 0 saturated carbocycles. The summed E-state index contributed by atoms with van der Waals surface area (Å²) < 4.78 is 10.3. The number of hydrogen-bond donors (Lipinski definition) is 3. The van der Waals surface area contributed by atoms with Crippen LogP contribution in [0.2, 0.25) is 0 Å². The van der Waals surface area contributed by atoms with Crippen molar-refractivity contribution in [1.29, 1.82) is 0 Å². The zero-order valence-corrected chi connectivity index (χ0v) is 15.9. The molecule has 2 rings (SSSR count). The fourth-order valence-electron chi connectivity index (χ4n) is 2.19. The highest BCUT2D eigenvalue weighted by molar-refractivity contribution is 6.06. The topological polar surface area (TPSA) is 109 Å². The number of anilines is 1. The number of hydrogen-bond acceptors (Lipinski definition) is 6. The Hall–Kier alpha value is -3.55. The summed E-state index contributed by atoms with van der Waals surface area (Å²) in [7, 11) is 1.55. The van der Waals surface area contributed by atoms with Gasteiger partial charge in [0.15, 0.2) is 11.5 Å². The second kappa shape index (κ2) is 9.96. The van der Waals surface area contributed by atoms with Gasteiger partial charge in [-0.3, -0.25) is 9.59 Å². The molecule has 0 aliphatic rings. The van der Waals surface area contributed by atoms with Crippen molar-refractivity contribution in [2.24, 2.45) is 11.0 Å². The Morgan fingerprint density at radius 3 is 2.54 bits per heavy atom. The molecule has 1 atom stereocenters. The Balaban J connectivity index is 1.91. The molecule has 0 fully saturated rings. The second-order valence-electron chi connectivity index (χ2n) is 5.83. The van der Waals surface area contributed by atoms with Crippen LogP contribution in [0.1, 0.15) is 19.4 Å². The van der Waals surface area contributed by atoms with Crippen molar-refractivity contribution in [2.75, 3.05) is 19.0 Å². The average Bonchev–Trinajstić information content (AvgIpc) is 2.70. The molecule has 0 radical (unpaired) electrons. The van der Waals surface area contributed by atoms with E-state index in [2.05, 4.69) is 15.8 Å². The van der Waals surface area contributed by atoms with Gasteiger partial charge in [-0.05, 0) is 61.9 Å². The molecule has 2 aromatic rings. The normalized spacial score (nSPS) is 11.7. The molecule has 148 valence electrons. The highest BCUT2D eigenvalue weighted by Gasteiger charge is 2.21. The molecular formula is C20H23N3O5. The number of phenols is 1. The van der Waals surface area contributed by atoms with Crippen molar-refractivity contribution in [3.05, 3.63) is 48.0 Å². The first-order valence-electron chi connectivity index (χ1n) is 8.68. The summed E-state index contributed by atoms with van der Waals surface area (Å²) in [6.07, 6.45) is 1.40. The number of nitrogens with one attached hydrogen (secondary N) is 2. The molecule has 8 heteroatoms. The molecule has 0 aliphatic carbocycles. The minimum Gasteiger partial charge on any atom is -0.504 e. The van der Waals surface area contributed by atoms with Crippen LogP contribution in [-0.4, -0.2) is 36.9 Å². The number of rotatable bonds is 8. The van der Waals surface area contributed by atoms with Gasteiger partial charge >= 0.3 is 0 Å². The lowest BCUT2D eigenvalue weighted by Gasteiger charge is -2.11. The average molecular weight is 385 g/mol. The zero-order chi connectivity index (χ0) is 20.5. The van der Waals surface area contributed by atoms with E-state index in [0.717, 1.165) is 0 Å². The molecule has 0 aromatic heterocycles. The van der Waals surface area contributed by atoms with E-state index in [-0.39, 0.29) is 5.75 Å². The van der Waals surface area contributed by atoms with Crippen LogP contribution in [0.4, 0.5) is 5.69 Å². The molecule has 8 nitrogen and oxygen atoms in total. The van der Waals surface area contributed by atoms with Crippen molar-refractivity contribution in [3.8, 4) is 17.2 Å². The summed E-state index contributed by atoms with van der Waals surface area (Å²) in [5.41, 5.74) is 3.51. The molecule has 2 amide bonds. The number of phenolic OH excluding ortho intramolecular Hbond substituents is 1. The van der Waals surface area contributed by atoms with E-state index in [1.54, 1.807) is 50.4 Å². The van der Waals surface area contributed by atoms with Crippen molar-refractivity contribution in [2.45, 2.75) is 13.8 Å². The predicted molar refractivity (Wildman–Crippen MR) is 106 cm³/mol. The maximum atomic E-state index is 12.2. The molecule has 3 N–H and O–H groups in total. The third-order valence-electron chi connectivity index (χ3n) is 3.82. The number of carbonyl (C=O) groups is 2. The Labute approximate surface area is 163 Å². The summed E-state index contributed by atoms with van der Waals surface area (Å²) in [4.78, 5) is 24.3. The van der Waals surface area contributed by atoms with Crippen LogP contribution in [0.15, 0.2) is 47.6 Å². The third kappa shape index (κ3) is 5.73. The number of benzene rings is 2. The minimum atomic E-state index is -0.946. The van der Waals surface area contributed by atoms with Crippen LogP contribution in [0.3, 0.4) is 0 Å². The number of ether oxygens (including phenoxy) is 2. The summed E-state index contributed by atoms with van der Waals surface area (Å²) in [5.74, 6) is -0.943. The lowest BCUT2D eigenvalue weighted by molar-refractivity contribution is -0.131. The molecule has 0 heterocycles. The molecule has 0 saturated heterocycles. The fourth-order valence-corrected chi connectivity index (χ4v) is 2.19. The van der Waals surface area contributed by atoms with Crippen molar-refractivity contribution in [3.63, 3.8) is 0 Å². The maximum Gasteiger partial charge on any atom is 0.252 e. The highest BCUT2D eigenvalue weighted by atomic mass is 16.5. The molecule has 2 aromatic carbocycles. The quantitative estimate of drug-likeness (QED) is 0.367. The summed E-state index contributed by atoms with van der Waals surface area (Å²) in [5, 5.41) is 16.2. The van der Waals surface area contributed by atoms with Crippen molar-refractivity contribution < 1.29 is 24.2 Å². The summed E-state index contributed by atoms with van der Waals surface area (Å²) in [6, 6.07) is 11.5. The molecule has 0 spiro atoms. The summed E-state index contributed by atoms with van der Waals surface area (Å²) >= 11 is 0. The molecule has 0 aliphatic heterocycles. The van der Waals surface area contributed by atoms with Gasteiger partial charge in [0.1, 0.15) is 11.7 Å². The van der Waals surface area contributed by atoms with Crippen LogP contribution in [0.25, 0.3) is 0 Å². The summed E-state index contributed by atoms with van der Waals surface area (Å²) in [6.45, 7) is 3.70. The number of carbonyl (C=O) groups excluding carboxylic acids is 2. The van der Waals surface area contributed by atoms with Crippen LogP contribution in [0, 0.1) is 5.92 Å². The van der Waals surface area contributed by atoms with E-state index in [9.17, 15) is 14.7 Å². The third-order valence-corrected chi connectivity index (χ3v) is 3.82. The zero-order valence-electron chi connectivity index (χ0n) is 15.9. The van der Waals surface area contributed by atoms with E-state index >= 15 is 0 Å². The largest absolute Gasteiger partial charge is 0.504 e. The lowest BCUT2D eigenvalue weighted by Crippen LogP contribution is -2.34. The van der Waals surface area contributed by atoms with E-state index in [4.69, 9.17) is 9.47 Å². The standard InChI is InChI=1S/C20H23N3O5/c1-4-28-18-11-14(5-10-17(18)24)12-21-23-20(26)13(2)19(25)22-15-6-8-16(27-3)9-7-15/h5-13,24H,4H2,1-3H3,(H,22,25)(H,23,26)/b21-12+. The number of hydrazone groups is 1. The predicted octanol–water partition coefficient (Wildman–Crippen LogP) is 2.52. The molecule has 28 heavy (non-hydrogen) atoms. The molecule has 1 unspecified atom stereocenters. The minimum absolute atomic E-state index is 0.0202. The van der Waals surface area contributed by atoms with Gasteiger partial charge in [-0.25, -0.2) is 5.43 Å². The Bertz CT molecular complexity index is 849. The first-order chi connectivity index (χ1) is 13.4. The van der Waals surface area contributed by atoms with Gasteiger partial charge in [0.05, 0.1) is 19.9 Å². The van der Waals surface area contributed by atoms with Gasteiger partial charge in [-0.1, -0.05) is 0 Å². The Morgan fingerprint density at radius 2 is 1.89 bits per heavy atom. The molecule has 0 bridgehead atoms. The van der Waals surface area contributed by atoms with Crippen molar-refractivity contribution in [1.82, 2.24) is 5.43 Å². The first-order valence-corrected chi connectivity index (χ1v) is 8.68. The van der Waals surface area contributed by atoms with Gasteiger partial charge in [0, 0.05) is 5.69 Å². The number of methoxy groups -OCH3 is 1. The van der Waals surface area contributed by atoms with Crippen molar-refractivity contribution >= 4 is 23.7 Å². The lowest BCUT2D eigenvalue weighted by atomic mass is 10.1. The van der Waals surface area contributed by atoms with Crippen LogP contribution in [-0.2, 0) is 9.59 Å². The van der Waals surface area contributed by atoms with Gasteiger partial charge in [-0.2, -0.15) is 5.10 Å². The van der Waals surface area contributed by atoms with Crippen LogP contribution >= 0.6 is 0 Å². The van der Waals surface area contributed by atoms with Gasteiger partial charge in [0.2, 0.25) is 5.91 Å². The maximum absolute atomic E-state index is 12.2. The van der Waals surface area contributed by atoms with Gasteiger partial charge in [-0.15, -0.1) is 0 Å². The Morgan fingerprint density at radius 1 is 1.18 bits per heavy atom. The molecular weight excluding hydrogens is 362 g/mol. The van der Waals surface area contributed by atoms with Crippen LogP contribution < -0.4 is 20.2 Å². The fraction of sp³-hybridized carbons (Fsp3) is 0.250. The second-order valence-corrected chi connectivity index (χ2v) is 5.83. The van der Waals surface area contributed by atoms with E-state index < -0.39 is 17.7 Å². The van der Waals surface area contributed by atoms with Gasteiger partial charge in [0.25, 0.3) is 5.91 Å². The van der Waals surface area contributed by atoms with E-state index in [0.29, 0.717) is 29.4 Å². The first kappa shape index (κ1) is 20.8. The number of nitrogens with zero attached hydrogens (tertiary/aromatic N) is 1. The van der Waals surface area contributed by atoms with E-state index in [1.807, 2.05) is 0 Å². The smallest absolute Gasteiger partial charge is 0.252 e. The number of aromatic hydroxyl groups is 1. The Kier molecular flexibility index (Phi) is 7.38. The van der Waals surface area contributed by atoms with Crippen LogP contribution in [0.5, 0.6) is 17.2 Å². The number of amides is 2. The van der Waals surface area contributed by atoms with Gasteiger partial charge < -0.3 is 19.9 Å².